The highest BCUT2D eigenvalue weighted by molar-refractivity contribution is 5.77. The minimum Gasteiger partial charge on any atom is -0.309 e. The largest absolute Gasteiger partial charge is 0.309 e. The Hall–Kier alpha value is -3.42. The zero-order chi connectivity index (χ0) is 22.8. The molecule has 5 nitrogen and oxygen atoms in total. The van der Waals surface area contributed by atoms with E-state index in [2.05, 4.69) is 19.8 Å². The molecule has 2 heterocycles. The van der Waals surface area contributed by atoms with Crippen LogP contribution in [-0.2, 0) is 6.54 Å². The molecule has 1 saturated heterocycles. The summed E-state index contributed by atoms with van der Waals surface area (Å²) in [6.45, 7) is 3.69. The van der Waals surface area contributed by atoms with Crippen LogP contribution in [0.5, 0.6) is 0 Å². The van der Waals surface area contributed by atoms with E-state index in [0.717, 1.165) is 37.3 Å². The molecule has 5 rings (SSSR count). The summed E-state index contributed by atoms with van der Waals surface area (Å²) in [6, 6.07) is 20.3. The van der Waals surface area contributed by atoms with Gasteiger partial charge in [0.05, 0.1) is 23.5 Å². The lowest BCUT2D eigenvalue weighted by Crippen LogP contribution is -2.47. The lowest BCUT2D eigenvalue weighted by molar-refractivity contribution is 0.103. The van der Waals surface area contributed by atoms with Crippen molar-refractivity contribution in [1.29, 1.82) is 0 Å². The van der Waals surface area contributed by atoms with E-state index in [4.69, 9.17) is 0 Å². The van der Waals surface area contributed by atoms with Gasteiger partial charge in [-0.25, -0.2) is 13.8 Å². The Bertz CT molecular complexity index is 1250. The second-order valence-corrected chi connectivity index (χ2v) is 8.35. The number of piperazine rings is 1. The van der Waals surface area contributed by atoms with E-state index in [9.17, 15) is 13.6 Å². The molecule has 0 spiro atoms. The highest BCUT2D eigenvalue weighted by atomic mass is 19.1. The summed E-state index contributed by atoms with van der Waals surface area (Å²) in [6.07, 6.45) is 0. The Kier molecular flexibility index (Phi) is 5.98. The first-order valence-corrected chi connectivity index (χ1v) is 11.0. The number of nitrogens with zero attached hydrogens (tertiary/aromatic N) is 3. The average Bonchev–Trinajstić information content (AvgIpc) is 2.83. The molecule has 3 aromatic carbocycles. The van der Waals surface area contributed by atoms with Gasteiger partial charge in [-0.15, -0.1) is 0 Å². The van der Waals surface area contributed by atoms with E-state index < -0.39 is 0 Å². The van der Waals surface area contributed by atoms with Crippen molar-refractivity contribution in [2.24, 2.45) is 0 Å². The number of aromatic amines is 1. The number of nitrogens with one attached hydrogen (secondary N) is 1. The van der Waals surface area contributed by atoms with Gasteiger partial charge in [-0.1, -0.05) is 36.4 Å². The van der Waals surface area contributed by atoms with Crippen LogP contribution in [0.1, 0.15) is 23.0 Å². The zero-order valence-corrected chi connectivity index (χ0v) is 18.0. The first-order chi connectivity index (χ1) is 16.1. The van der Waals surface area contributed by atoms with Crippen molar-refractivity contribution >= 4 is 10.9 Å². The van der Waals surface area contributed by atoms with E-state index in [1.807, 2.05) is 18.2 Å². The van der Waals surface area contributed by atoms with Gasteiger partial charge in [0, 0.05) is 26.2 Å². The third-order valence-corrected chi connectivity index (χ3v) is 6.18. The van der Waals surface area contributed by atoms with E-state index >= 15 is 0 Å². The lowest BCUT2D eigenvalue weighted by atomic mass is 9.96. The Labute approximate surface area is 190 Å². The third kappa shape index (κ3) is 4.69. The second kappa shape index (κ2) is 9.21. The molecule has 0 bridgehead atoms. The van der Waals surface area contributed by atoms with Crippen LogP contribution in [0.3, 0.4) is 0 Å². The minimum atomic E-state index is -0.279. The van der Waals surface area contributed by atoms with Crippen LogP contribution >= 0.6 is 0 Å². The topological polar surface area (TPSA) is 52.2 Å². The number of H-pyrrole nitrogens is 1. The number of rotatable bonds is 5. The molecule has 33 heavy (non-hydrogen) atoms. The maximum absolute atomic E-state index is 13.5. The fourth-order valence-electron chi connectivity index (χ4n) is 4.51. The molecular formula is C26H24F2N4O. The van der Waals surface area contributed by atoms with Gasteiger partial charge in [-0.05, 0) is 47.5 Å². The summed E-state index contributed by atoms with van der Waals surface area (Å²) in [5, 5.41) is 0.590. The lowest BCUT2D eigenvalue weighted by Gasteiger charge is -2.39. The van der Waals surface area contributed by atoms with Crippen LogP contribution < -0.4 is 5.56 Å². The molecule has 0 atom stereocenters. The normalized spacial score (nSPS) is 15.4. The minimum absolute atomic E-state index is 0.0908. The fraction of sp³-hybridized carbons (Fsp3) is 0.231. The maximum atomic E-state index is 13.5. The molecule has 0 amide bonds. The van der Waals surface area contributed by atoms with Crippen molar-refractivity contribution in [2.75, 3.05) is 26.2 Å². The molecule has 0 saturated carbocycles. The molecule has 1 fully saturated rings. The van der Waals surface area contributed by atoms with Crippen molar-refractivity contribution < 1.29 is 8.78 Å². The molecule has 1 aliphatic heterocycles. The van der Waals surface area contributed by atoms with Crippen LogP contribution in [-0.4, -0.2) is 45.9 Å². The second-order valence-electron chi connectivity index (χ2n) is 8.35. The van der Waals surface area contributed by atoms with Gasteiger partial charge in [0.15, 0.2) is 0 Å². The predicted molar refractivity (Wildman–Crippen MR) is 124 cm³/mol. The van der Waals surface area contributed by atoms with Crippen LogP contribution in [0, 0.1) is 11.6 Å². The van der Waals surface area contributed by atoms with Crippen molar-refractivity contribution in [3.8, 4) is 0 Å². The molecular weight excluding hydrogens is 422 g/mol. The zero-order valence-electron chi connectivity index (χ0n) is 18.0. The molecule has 1 aromatic heterocycles. The van der Waals surface area contributed by atoms with Crippen molar-refractivity contribution in [3.63, 3.8) is 0 Å². The van der Waals surface area contributed by atoms with Crippen molar-refractivity contribution in [1.82, 2.24) is 19.8 Å². The predicted octanol–water partition coefficient (Wildman–Crippen LogP) is 4.11. The number of benzene rings is 3. The van der Waals surface area contributed by atoms with Gasteiger partial charge >= 0.3 is 0 Å². The van der Waals surface area contributed by atoms with Gasteiger partial charge in [0.1, 0.15) is 17.5 Å². The van der Waals surface area contributed by atoms with Crippen LogP contribution in [0.15, 0.2) is 77.6 Å². The quantitative estimate of drug-likeness (QED) is 0.501. The van der Waals surface area contributed by atoms with Crippen LogP contribution in [0.2, 0.25) is 0 Å². The number of para-hydroxylation sites is 1. The molecule has 0 aliphatic carbocycles. The van der Waals surface area contributed by atoms with Crippen LogP contribution in [0.25, 0.3) is 10.9 Å². The summed E-state index contributed by atoms with van der Waals surface area (Å²) < 4.78 is 27.1. The Balaban J connectivity index is 1.33. The molecule has 0 radical (unpaired) electrons. The van der Waals surface area contributed by atoms with Gasteiger partial charge in [-0.2, -0.15) is 0 Å². The SMILES string of the molecule is O=c1[nH]c(CN2CCN(C(c3ccc(F)cc3)c3ccc(F)cc3)CC2)nc2ccccc12. The highest BCUT2D eigenvalue weighted by Gasteiger charge is 2.27. The van der Waals surface area contributed by atoms with E-state index in [1.165, 1.54) is 24.3 Å². The summed E-state index contributed by atoms with van der Waals surface area (Å²) in [5.74, 6) is 0.0948. The van der Waals surface area contributed by atoms with Gasteiger partial charge in [-0.3, -0.25) is 14.6 Å². The number of hydrogen-bond acceptors (Lipinski definition) is 4. The van der Waals surface area contributed by atoms with E-state index in [-0.39, 0.29) is 23.2 Å². The summed E-state index contributed by atoms with van der Waals surface area (Å²) >= 11 is 0. The van der Waals surface area contributed by atoms with Gasteiger partial charge in [0.2, 0.25) is 0 Å². The Morgan fingerprint density at radius 1 is 0.818 bits per heavy atom. The number of fused-ring (bicyclic) bond motifs is 1. The first kappa shape index (κ1) is 21.4. The third-order valence-electron chi connectivity index (χ3n) is 6.18. The Morgan fingerprint density at radius 3 is 2.00 bits per heavy atom. The van der Waals surface area contributed by atoms with Crippen molar-refractivity contribution in [3.05, 3.63) is 112 Å². The van der Waals surface area contributed by atoms with E-state index in [1.54, 1.807) is 30.3 Å². The van der Waals surface area contributed by atoms with Gasteiger partial charge < -0.3 is 4.98 Å². The fourth-order valence-corrected chi connectivity index (χ4v) is 4.51. The molecule has 4 aromatic rings. The molecule has 168 valence electrons. The summed E-state index contributed by atoms with van der Waals surface area (Å²) in [5.41, 5.74) is 2.51. The van der Waals surface area contributed by atoms with E-state index in [0.29, 0.717) is 23.3 Å². The van der Waals surface area contributed by atoms with Crippen molar-refractivity contribution in [2.45, 2.75) is 12.6 Å². The smallest absolute Gasteiger partial charge is 0.258 e. The Morgan fingerprint density at radius 2 is 1.39 bits per heavy atom. The molecule has 0 unspecified atom stereocenters. The maximum Gasteiger partial charge on any atom is 0.258 e. The number of halogens is 2. The molecule has 1 aliphatic rings. The summed E-state index contributed by atoms with van der Waals surface area (Å²) in [4.78, 5) is 24.5. The van der Waals surface area contributed by atoms with Gasteiger partial charge in [0.25, 0.3) is 5.56 Å². The molecule has 1 N–H and O–H groups in total. The number of hydrogen-bond donors (Lipinski definition) is 1. The number of aromatic nitrogens is 2. The summed E-state index contributed by atoms with van der Waals surface area (Å²) in [7, 11) is 0. The first-order valence-electron chi connectivity index (χ1n) is 11.0. The van der Waals surface area contributed by atoms with Crippen LogP contribution in [0.4, 0.5) is 8.78 Å². The molecule has 7 heteroatoms. The monoisotopic (exact) mass is 446 g/mol. The average molecular weight is 447 g/mol. The standard InChI is InChI=1S/C26H24F2N4O/c27-20-9-5-18(6-10-20)25(19-7-11-21(28)12-8-19)32-15-13-31(14-16-32)17-24-29-23-4-2-1-3-22(23)26(33)30-24/h1-12,25H,13-17H2,(H,29,30,33). The highest BCUT2D eigenvalue weighted by Crippen LogP contribution is 2.30.